The maximum atomic E-state index is 12.2. The minimum absolute atomic E-state index is 0.0231. The van der Waals surface area contributed by atoms with Crippen LogP contribution in [0.5, 0.6) is 0 Å². The highest BCUT2D eigenvalue weighted by atomic mass is 19.4. The number of piperidine rings is 1. The van der Waals surface area contributed by atoms with Crippen LogP contribution in [0.3, 0.4) is 0 Å². The summed E-state index contributed by atoms with van der Waals surface area (Å²) in [5, 5.41) is 27.1. The molecule has 11 nitrogen and oxygen atoms in total. The molecule has 0 unspecified atom stereocenters. The molecule has 2 aliphatic rings. The fourth-order valence-corrected chi connectivity index (χ4v) is 4.42. The molecule has 0 atom stereocenters. The van der Waals surface area contributed by atoms with Gasteiger partial charge in [0.2, 0.25) is 11.7 Å². The highest BCUT2D eigenvalue weighted by Gasteiger charge is 2.38. The topological polar surface area (TPSA) is 182 Å². The van der Waals surface area contributed by atoms with E-state index in [9.17, 15) is 22.8 Å². The summed E-state index contributed by atoms with van der Waals surface area (Å²) in [6, 6.07) is 6.50. The molecule has 7 N–H and O–H groups in total. The van der Waals surface area contributed by atoms with Gasteiger partial charge in [0.15, 0.2) is 0 Å². The second kappa shape index (κ2) is 16.4. The third-order valence-electron chi connectivity index (χ3n) is 6.54. The van der Waals surface area contributed by atoms with Crippen LogP contribution in [0.4, 0.5) is 18.9 Å². The zero-order chi connectivity index (χ0) is 30.4. The van der Waals surface area contributed by atoms with Crippen molar-refractivity contribution in [1.82, 2.24) is 20.2 Å². The van der Waals surface area contributed by atoms with Gasteiger partial charge in [0.1, 0.15) is 0 Å². The molecule has 0 radical (unpaired) electrons. The fourth-order valence-electron chi connectivity index (χ4n) is 4.42. The Kier molecular flexibility index (Phi) is 13.3. The van der Waals surface area contributed by atoms with Crippen LogP contribution in [-0.4, -0.2) is 87.0 Å². The number of H-pyrrole nitrogens is 1. The molecule has 2 heterocycles. The quantitative estimate of drug-likeness (QED) is 0.211. The predicted molar refractivity (Wildman–Crippen MR) is 145 cm³/mol. The Hall–Kier alpha value is -3.91. The Balaban J connectivity index is 0.000000320. The number of carboxylic acid groups (broad SMARTS) is 2. The number of anilines is 1. The highest BCUT2D eigenvalue weighted by Crippen LogP contribution is 2.35. The number of nitrogens with two attached hydrogens (primary N) is 1. The maximum absolute atomic E-state index is 12.2. The van der Waals surface area contributed by atoms with E-state index in [1.807, 2.05) is 4.90 Å². The predicted octanol–water partition coefficient (Wildman–Crippen LogP) is 3.26. The molecule has 226 valence electrons. The van der Waals surface area contributed by atoms with E-state index in [4.69, 9.17) is 25.8 Å². The molecule has 1 aromatic carbocycles. The van der Waals surface area contributed by atoms with Crippen molar-refractivity contribution in [3.63, 3.8) is 0 Å². The van der Waals surface area contributed by atoms with Gasteiger partial charge in [-0.15, -0.1) is 0 Å². The number of carbonyl (C=O) groups is 3. The number of carboxylic acids is 2. The number of aliphatic hydroxyl groups is 1. The largest absolute Gasteiger partial charge is 0.490 e. The Morgan fingerprint density at radius 3 is 2.32 bits per heavy atom. The molecular formula is C27H36F3N5O6. The molecule has 1 aliphatic carbocycles. The molecule has 0 bridgehead atoms. The average Bonchev–Trinajstić information content (AvgIpc) is 3.50. The number of aromatic carboxylic acids is 1. The van der Waals surface area contributed by atoms with Crippen LogP contribution >= 0.6 is 0 Å². The lowest BCUT2D eigenvalue weighted by atomic mass is 9.85. The first-order chi connectivity index (χ1) is 19.4. The van der Waals surface area contributed by atoms with Gasteiger partial charge in [-0.3, -0.25) is 4.79 Å². The standard InChI is InChI=1S/C21H31N3O2.C4H4N2O2.C2HF3O2/c22-20-7-6-18(14-19(20)17-4-2-1-3-5-17)16-8-11-24(12-9-16)21(26)15-23-10-13-25;7-4(8)3-5-1-2-6-3;3-2(4,5)1(6)7/h4,6-7,14,16,23,25H,1-3,5,8-13,15,22H2;1-2H,(H,5,6)(H,7,8);(H,6,7). The molecule has 1 fully saturated rings. The van der Waals surface area contributed by atoms with Crippen LogP contribution in [0.2, 0.25) is 0 Å². The molecule has 4 rings (SSSR count). The van der Waals surface area contributed by atoms with Crippen LogP contribution in [0.1, 0.15) is 66.2 Å². The Morgan fingerprint density at radius 1 is 1.15 bits per heavy atom. The lowest BCUT2D eigenvalue weighted by Crippen LogP contribution is -2.43. The zero-order valence-corrected chi connectivity index (χ0v) is 22.5. The SMILES string of the molecule is Nc1ccc(C2CCN(C(=O)CNCCO)CC2)cc1C1=CCCCC1.O=C(O)C(F)(F)F.O=C(O)c1ncc[nH]1. The Morgan fingerprint density at radius 2 is 1.83 bits per heavy atom. The van der Waals surface area contributed by atoms with E-state index in [-0.39, 0.29) is 18.3 Å². The molecular weight excluding hydrogens is 547 g/mol. The van der Waals surface area contributed by atoms with Crippen molar-refractivity contribution in [3.8, 4) is 0 Å². The lowest BCUT2D eigenvalue weighted by Gasteiger charge is -2.32. The molecule has 1 amide bonds. The van der Waals surface area contributed by atoms with E-state index in [0.29, 0.717) is 19.0 Å². The number of nitrogen functional groups attached to an aromatic ring is 1. The third kappa shape index (κ3) is 11.2. The third-order valence-corrected chi connectivity index (χ3v) is 6.54. The monoisotopic (exact) mass is 583 g/mol. The molecule has 0 saturated carbocycles. The number of rotatable bonds is 7. The van der Waals surface area contributed by atoms with Gasteiger partial charge < -0.3 is 36.3 Å². The smallest absolute Gasteiger partial charge is 0.475 e. The van der Waals surface area contributed by atoms with Crippen LogP contribution in [-0.2, 0) is 9.59 Å². The van der Waals surface area contributed by atoms with Crippen molar-refractivity contribution in [2.75, 3.05) is 38.5 Å². The summed E-state index contributed by atoms with van der Waals surface area (Å²) in [4.78, 5) is 38.9. The summed E-state index contributed by atoms with van der Waals surface area (Å²) in [5.41, 5.74) is 11.1. The van der Waals surface area contributed by atoms with Crippen LogP contribution < -0.4 is 11.1 Å². The van der Waals surface area contributed by atoms with E-state index in [1.54, 1.807) is 0 Å². The van der Waals surface area contributed by atoms with Crippen molar-refractivity contribution in [2.24, 2.45) is 0 Å². The number of aromatic amines is 1. The fraction of sp³-hybridized carbons (Fsp3) is 0.481. The van der Waals surface area contributed by atoms with Gasteiger partial charge in [-0.2, -0.15) is 13.2 Å². The van der Waals surface area contributed by atoms with Crippen molar-refractivity contribution in [1.29, 1.82) is 0 Å². The van der Waals surface area contributed by atoms with Crippen LogP contribution in [0.25, 0.3) is 5.57 Å². The number of nitrogens with one attached hydrogen (secondary N) is 2. The number of imidazole rings is 1. The molecule has 0 spiro atoms. The summed E-state index contributed by atoms with van der Waals surface area (Å²) in [6.45, 7) is 2.43. The number of aliphatic carboxylic acids is 1. The Bertz CT molecular complexity index is 1160. The summed E-state index contributed by atoms with van der Waals surface area (Å²) in [6.07, 6.45) is 6.92. The first-order valence-corrected chi connectivity index (χ1v) is 13.1. The van der Waals surface area contributed by atoms with Gasteiger partial charge >= 0.3 is 18.1 Å². The van der Waals surface area contributed by atoms with Crippen molar-refractivity contribution in [2.45, 2.75) is 50.6 Å². The number of aliphatic hydroxyl groups excluding tert-OH is 1. The minimum Gasteiger partial charge on any atom is -0.475 e. The van der Waals surface area contributed by atoms with Gasteiger partial charge in [-0.05, 0) is 67.7 Å². The molecule has 1 saturated heterocycles. The number of likely N-dealkylation sites (tertiary alicyclic amines) is 1. The summed E-state index contributed by atoms with van der Waals surface area (Å²) >= 11 is 0. The highest BCUT2D eigenvalue weighted by molar-refractivity contribution is 5.83. The van der Waals surface area contributed by atoms with Gasteiger partial charge in [0.05, 0.1) is 13.2 Å². The number of halogens is 3. The normalized spacial score (nSPS) is 15.5. The van der Waals surface area contributed by atoms with Crippen molar-refractivity contribution >= 4 is 29.1 Å². The second-order valence-electron chi connectivity index (χ2n) is 9.42. The van der Waals surface area contributed by atoms with Crippen molar-refractivity contribution in [3.05, 3.63) is 53.6 Å². The first kappa shape index (κ1) is 33.3. The molecule has 14 heteroatoms. The number of benzene rings is 1. The van der Waals surface area contributed by atoms with Gasteiger partial charge in [-0.25, -0.2) is 14.6 Å². The van der Waals surface area contributed by atoms with Crippen LogP contribution in [0.15, 0.2) is 36.7 Å². The number of amides is 1. The summed E-state index contributed by atoms with van der Waals surface area (Å²) in [5.74, 6) is -3.19. The van der Waals surface area contributed by atoms with Gasteiger partial charge in [0, 0.05) is 43.3 Å². The second-order valence-corrected chi connectivity index (χ2v) is 9.42. The van der Waals surface area contributed by atoms with E-state index >= 15 is 0 Å². The number of aromatic nitrogens is 2. The maximum Gasteiger partial charge on any atom is 0.490 e. The summed E-state index contributed by atoms with van der Waals surface area (Å²) < 4.78 is 31.7. The number of hydrogen-bond acceptors (Lipinski definition) is 7. The molecule has 1 aromatic heterocycles. The van der Waals surface area contributed by atoms with E-state index in [1.165, 1.54) is 41.9 Å². The number of hydrogen-bond donors (Lipinski definition) is 6. The number of carbonyl (C=O) groups excluding carboxylic acids is 1. The first-order valence-electron chi connectivity index (χ1n) is 13.1. The molecule has 1 aliphatic heterocycles. The molecule has 2 aromatic rings. The summed E-state index contributed by atoms with van der Waals surface area (Å²) in [7, 11) is 0. The van der Waals surface area contributed by atoms with E-state index < -0.39 is 18.1 Å². The number of alkyl halides is 3. The lowest BCUT2D eigenvalue weighted by molar-refractivity contribution is -0.192. The average molecular weight is 584 g/mol. The van der Waals surface area contributed by atoms with Crippen LogP contribution in [0, 0.1) is 0 Å². The van der Waals surface area contributed by atoms with E-state index in [2.05, 4.69) is 39.6 Å². The molecule has 41 heavy (non-hydrogen) atoms. The number of allylic oxidation sites excluding steroid dienone is 2. The Labute approximate surface area is 235 Å². The minimum atomic E-state index is -5.08. The van der Waals surface area contributed by atoms with E-state index in [0.717, 1.165) is 44.5 Å². The zero-order valence-electron chi connectivity index (χ0n) is 22.5. The van der Waals surface area contributed by atoms with Gasteiger partial charge in [0.25, 0.3) is 0 Å². The van der Waals surface area contributed by atoms with Gasteiger partial charge in [-0.1, -0.05) is 12.1 Å². The number of nitrogens with zero attached hydrogens (tertiary/aromatic N) is 2. The van der Waals surface area contributed by atoms with Crippen molar-refractivity contribution < 1.29 is 42.9 Å².